The summed E-state index contributed by atoms with van der Waals surface area (Å²) in [7, 11) is 0. The van der Waals surface area contributed by atoms with Gasteiger partial charge in [-0.3, -0.25) is 9.69 Å². The lowest BCUT2D eigenvalue weighted by atomic mass is 9.80. The largest absolute Gasteiger partial charge is 0.492 e. The molecule has 1 aromatic carbocycles. The molecule has 1 atom stereocenters. The Kier molecular flexibility index (Phi) is 5.72. The van der Waals surface area contributed by atoms with Crippen molar-refractivity contribution in [3.05, 3.63) is 30.1 Å². The van der Waals surface area contributed by atoms with Gasteiger partial charge in [-0.25, -0.2) is 4.39 Å². The number of halogens is 1. The van der Waals surface area contributed by atoms with Gasteiger partial charge in [-0.15, -0.1) is 0 Å². The van der Waals surface area contributed by atoms with E-state index in [9.17, 15) is 9.18 Å². The molecule has 132 valence electrons. The summed E-state index contributed by atoms with van der Waals surface area (Å²) in [5, 5.41) is 0. The van der Waals surface area contributed by atoms with Gasteiger partial charge in [0, 0.05) is 32.1 Å². The molecule has 1 unspecified atom stereocenters. The van der Waals surface area contributed by atoms with E-state index in [1.807, 2.05) is 4.90 Å². The van der Waals surface area contributed by atoms with Gasteiger partial charge in [0.1, 0.15) is 18.2 Å². The lowest BCUT2D eigenvalue weighted by Crippen LogP contribution is -2.43. The van der Waals surface area contributed by atoms with Crippen molar-refractivity contribution >= 4 is 5.91 Å². The summed E-state index contributed by atoms with van der Waals surface area (Å²) in [6, 6.07) is 6.57. The van der Waals surface area contributed by atoms with E-state index in [0.717, 1.165) is 25.6 Å². The van der Waals surface area contributed by atoms with Crippen LogP contribution in [0, 0.1) is 11.7 Å². The summed E-state index contributed by atoms with van der Waals surface area (Å²) in [5.74, 6) is 1.39. The molecule has 1 saturated heterocycles. The van der Waals surface area contributed by atoms with Crippen molar-refractivity contribution in [2.24, 2.45) is 5.92 Å². The van der Waals surface area contributed by atoms with E-state index in [-0.39, 0.29) is 11.7 Å². The minimum atomic E-state index is -0.272. The Morgan fingerprint density at radius 1 is 1.21 bits per heavy atom. The van der Waals surface area contributed by atoms with Gasteiger partial charge in [-0.2, -0.15) is 0 Å². The van der Waals surface area contributed by atoms with Crippen LogP contribution in [-0.4, -0.2) is 54.5 Å². The molecule has 1 saturated carbocycles. The van der Waals surface area contributed by atoms with E-state index in [1.54, 1.807) is 12.1 Å². The molecule has 0 spiro atoms. The molecular weight excluding hydrogens is 307 g/mol. The zero-order valence-corrected chi connectivity index (χ0v) is 14.4. The van der Waals surface area contributed by atoms with Crippen LogP contribution >= 0.6 is 0 Å². The first-order chi connectivity index (χ1) is 11.6. The Morgan fingerprint density at radius 3 is 2.62 bits per heavy atom. The summed E-state index contributed by atoms with van der Waals surface area (Å²) >= 11 is 0. The lowest BCUT2D eigenvalue weighted by Gasteiger charge is -2.38. The number of hydrogen-bond donors (Lipinski definition) is 0. The normalized spacial score (nSPS) is 21.2. The summed E-state index contributed by atoms with van der Waals surface area (Å²) in [4.78, 5) is 16.7. The van der Waals surface area contributed by atoms with Gasteiger partial charge in [-0.1, -0.05) is 6.42 Å². The highest BCUT2D eigenvalue weighted by molar-refractivity contribution is 5.76. The number of hydrogen-bond acceptors (Lipinski definition) is 3. The summed E-state index contributed by atoms with van der Waals surface area (Å²) in [6.07, 6.45) is 4.61. The van der Waals surface area contributed by atoms with Crippen molar-refractivity contribution in [1.82, 2.24) is 9.80 Å². The van der Waals surface area contributed by atoms with Crippen LogP contribution in [0.4, 0.5) is 4.39 Å². The maximum atomic E-state index is 12.9. The van der Waals surface area contributed by atoms with Gasteiger partial charge in [0.2, 0.25) is 5.91 Å². The monoisotopic (exact) mass is 334 g/mol. The van der Waals surface area contributed by atoms with E-state index in [1.165, 1.54) is 31.4 Å². The van der Waals surface area contributed by atoms with Crippen LogP contribution in [-0.2, 0) is 4.79 Å². The first kappa shape index (κ1) is 17.2. The zero-order valence-electron chi connectivity index (χ0n) is 14.4. The number of nitrogens with zero attached hydrogens (tertiary/aromatic N) is 2. The molecule has 0 radical (unpaired) electrons. The Bertz CT molecular complexity index is 545. The molecule has 24 heavy (non-hydrogen) atoms. The molecule has 0 aromatic heterocycles. The van der Waals surface area contributed by atoms with Crippen LogP contribution in [0.25, 0.3) is 0 Å². The van der Waals surface area contributed by atoms with Gasteiger partial charge in [0.05, 0.1) is 6.54 Å². The molecule has 5 heteroatoms. The molecule has 1 amide bonds. The van der Waals surface area contributed by atoms with Crippen LogP contribution in [0.1, 0.15) is 32.6 Å². The molecule has 1 aliphatic carbocycles. The van der Waals surface area contributed by atoms with Crippen molar-refractivity contribution in [1.29, 1.82) is 0 Å². The molecule has 2 aliphatic rings. The van der Waals surface area contributed by atoms with Gasteiger partial charge < -0.3 is 9.64 Å². The maximum Gasteiger partial charge on any atom is 0.224 e. The molecule has 0 bridgehead atoms. The molecule has 1 aromatic rings. The Morgan fingerprint density at radius 2 is 1.96 bits per heavy atom. The highest BCUT2D eigenvalue weighted by atomic mass is 19.1. The average molecular weight is 334 g/mol. The molecule has 1 aliphatic heterocycles. The first-order valence-electron chi connectivity index (χ1n) is 9.03. The minimum absolute atomic E-state index is 0.209. The van der Waals surface area contributed by atoms with Crippen LogP contribution in [0.15, 0.2) is 24.3 Å². The summed E-state index contributed by atoms with van der Waals surface area (Å²) < 4.78 is 18.5. The lowest BCUT2D eigenvalue weighted by molar-refractivity contribution is -0.130. The molecule has 1 heterocycles. The molecule has 4 nitrogen and oxygen atoms in total. The van der Waals surface area contributed by atoms with E-state index < -0.39 is 0 Å². The van der Waals surface area contributed by atoms with Gasteiger partial charge in [0.15, 0.2) is 0 Å². The fraction of sp³-hybridized carbons (Fsp3) is 0.632. The highest BCUT2D eigenvalue weighted by Gasteiger charge is 2.30. The molecule has 3 rings (SSSR count). The molecule has 0 N–H and O–H groups in total. The number of carbonyl (C=O) groups is 1. The third-order valence-electron chi connectivity index (χ3n) is 5.47. The highest BCUT2D eigenvalue weighted by Crippen LogP contribution is 2.32. The van der Waals surface area contributed by atoms with Gasteiger partial charge in [-0.05, 0) is 49.9 Å². The van der Waals surface area contributed by atoms with E-state index in [0.29, 0.717) is 31.4 Å². The number of benzene rings is 1. The topological polar surface area (TPSA) is 32.8 Å². The van der Waals surface area contributed by atoms with Crippen molar-refractivity contribution in [3.8, 4) is 5.75 Å². The third-order valence-corrected chi connectivity index (χ3v) is 5.47. The third kappa shape index (κ3) is 4.26. The smallest absolute Gasteiger partial charge is 0.224 e. The summed E-state index contributed by atoms with van der Waals surface area (Å²) in [5.41, 5.74) is 0. The predicted molar refractivity (Wildman–Crippen MR) is 91.5 cm³/mol. The van der Waals surface area contributed by atoms with Crippen molar-refractivity contribution in [3.63, 3.8) is 0 Å². The van der Waals surface area contributed by atoms with Crippen molar-refractivity contribution in [2.75, 3.05) is 32.8 Å². The van der Waals surface area contributed by atoms with Gasteiger partial charge >= 0.3 is 0 Å². The average Bonchev–Trinajstić information content (AvgIpc) is 2.70. The quantitative estimate of drug-likeness (QED) is 0.802. The Balaban J connectivity index is 1.45. The Labute approximate surface area is 143 Å². The van der Waals surface area contributed by atoms with Crippen molar-refractivity contribution in [2.45, 2.75) is 38.6 Å². The number of carbonyl (C=O) groups excluding carboxylic acids is 1. The van der Waals surface area contributed by atoms with E-state index >= 15 is 0 Å². The van der Waals surface area contributed by atoms with Crippen LogP contribution in [0.2, 0.25) is 0 Å². The SMILES string of the molecule is CC(C1CCC1)N1CCC(=O)N(CCOc2ccc(F)cc2)CC1. The van der Waals surface area contributed by atoms with Crippen molar-refractivity contribution < 1.29 is 13.9 Å². The first-order valence-corrected chi connectivity index (χ1v) is 9.03. The molecular formula is C19H27FN2O2. The maximum absolute atomic E-state index is 12.9. The predicted octanol–water partition coefficient (Wildman–Crippen LogP) is 2.93. The fourth-order valence-electron chi connectivity index (χ4n) is 3.55. The number of rotatable bonds is 6. The number of amides is 1. The van der Waals surface area contributed by atoms with Gasteiger partial charge in [0.25, 0.3) is 0 Å². The number of ether oxygens (including phenoxy) is 1. The summed E-state index contributed by atoms with van der Waals surface area (Å²) in [6.45, 7) is 5.91. The van der Waals surface area contributed by atoms with Crippen LogP contribution in [0.3, 0.4) is 0 Å². The minimum Gasteiger partial charge on any atom is -0.492 e. The second-order valence-corrected chi connectivity index (χ2v) is 6.90. The van der Waals surface area contributed by atoms with E-state index in [4.69, 9.17) is 4.74 Å². The Hall–Kier alpha value is -1.62. The fourth-order valence-corrected chi connectivity index (χ4v) is 3.55. The van der Waals surface area contributed by atoms with Crippen LogP contribution in [0.5, 0.6) is 5.75 Å². The van der Waals surface area contributed by atoms with E-state index in [2.05, 4.69) is 11.8 Å². The second-order valence-electron chi connectivity index (χ2n) is 6.90. The second kappa shape index (κ2) is 7.97. The molecule has 2 fully saturated rings. The zero-order chi connectivity index (χ0) is 16.9. The standard InChI is InChI=1S/C19H27FN2O2/c1-15(16-3-2-4-16)21-10-9-19(23)22(12-11-21)13-14-24-18-7-5-17(20)6-8-18/h5-8,15-16H,2-4,9-14H2,1H3. The van der Waals surface area contributed by atoms with Crippen LogP contribution < -0.4 is 4.74 Å².